The van der Waals surface area contributed by atoms with E-state index in [1.807, 2.05) is 57.2 Å². The zero-order chi connectivity index (χ0) is 21.5. The van der Waals surface area contributed by atoms with Crippen LogP contribution in [-0.2, 0) is 27.1 Å². The van der Waals surface area contributed by atoms with Crippen LogP contribution in [0.3, 0.4) is 0 Å². The number of fused-ring (bicyclic) bond motifs is 2. The van der Waals surface area contributed by atoms with Gasteiger partial charge in [-0.1, -0.05) is 37.6 Å². The fraction of sp³-hybridized carbons (Fsp3) is 0.417. The van der Waals surface area contributed by atoms with E-state index in [-0.39, 0.29) is 18.6 Å². The number of hydrogen-bond acceptors (Lipinski definition) is 4. The standard InChI is InChI=1S/C24H30N2O4/c1-4-5-14-29-24(28)25-20-13-12-19-11-10-18-8-6-7-9-21(18)26(22(19)15-20)23(27)16-30-17(2)3/h6-9,12-13,15,17H,4-5,10-11,14,16H2,1-3H3,(H,25,28). The maximum Gasteiger partial charge on any atom is 0.411 e. The second-order valence-electron chi connectivity index (χ2n) is 7.68. The number of para-hydroxylation sites is 1. The van der Waals surface area contributed by atoms with E-state index in [0.717, 1.165) is 48.2 Å². The molecule has 6 nitrogen and oxygen atoms in total. The average Bonchev–Trinajstić information content (AvgIpc) is 2.88. The van der Waals surface area contributed by atoms with E-state index >= 15 is 0 Å². The molecule has 2 aromatic carbocycles. The second kappa shape index (κ2) is 10.3. The lowest BCUT2D eigenvalue weighted by atomic mass is 10.0. The fourth-order valence-corrected chi connectivity index (χ4v) is 3.43. The number of rotatable bonds is 7. The summed E-state index contributed by atoms with van der Waals surface area (Å²) >= 11 is 0. The van der Waals surface area contributed by atoms with Gasteiger partial charge in [0.25, 0.3) is 5.91 Å². The van der Waals surface area contributed by atoms with Crippen molar-refractivity contribution in [2.45, 2.75) is 52.6 Å². The van der Waals surface area contributed by atoms with Gasteiger partial charge in [0, 0.05) is 5.69 Å². The van der Waals surface area contributed by atoms with Gasteiger partial charge in [0.1, 0.15) is 6.61 Å². The van der Waals surface area contributed by atoms with Gasteiger partial charge >= 0.3 is 6.09 Å². The normalized spacial score (nSPS) is 12.7. The lowest BCUT2D eigenvalue weighted by Gasteiger charge is -2.26. The molecular formula is C24H30N2O4. The molecule has 6 heteroatoms. The van der Waals surface area contributed by atoms with Gasteiger partial charge in [0.05, 0.1) is 24.1 Å². The molecule has 0 saturated carbocycles. The van der Waals surface area contributed by atoms with Crippen molar-refractivity contribution in [3.63, 3.8) is 0 Å². The number of nitrogens with one attached hydrogen (secondary N) is 1. The van der Waals surface area contributed by atoms with Crippen molar-refractivity contribution in [3.05, 3.63) is 53.6 Å². The summed E-state index contributed by atoms with van der Waals surface area (Å²) in [5.74, 6) is -0.137. The first-order valence-corrected chi connectivity index (χ1v) is 10.6. The number of ether oxygens (including phenoxy) is 2. The summed E-state index contributed by atoms with van der Waals surface area (Å²) < 4.78 is 10.8. The van der Waals surface area contributed by atoms with Crippen LogP contribution >= 0.6 is 0 Å². The molecule has 160 valence electrons. The second-order valence-corrected chi connectivity index (χ2v) is 7.68. The highest BCUT2D eigenvalue weighted by atomic mass is 16.5. The van der Waals surface area contributed by atoms with Crippen LogP contribution in [0, 0.1) is 0 Å². The van der Waals surface area contributed by atoms with E-state index in [9.17, 15) is 9.59 Å². The molecule has 0 aromatic heterocycles. The zero-order valence-corrected chi connectivity index (χ0v) is 17.9. The average molecular weight is 411 g/mol. The van der Waals surface area contributed by atoms with Crippen molar-refractivity contribution in [2.24, 2.45) is 0 Å². The molecule has 2 amide bonds. The highest BCUT2D eigenvalue weighted by Crippen LogP contribution is 2.37. The highest BCUT2D eigenvalue weighted by Gasteiger charge is 2.26. The van der Waals surface area contributed by atoms with E-state index in [4.69, 9.17) is 9.47 Å². The smallest absolute Gasteiger partial charge is 0.411 e. The van der Waals surface area contributed by atoms with Crippen molar-refractivity contribution in [1.82, 2.24) is 0 Å². The van der Waals surface area contributed by atoms with E-state index in [1.54, 1.807) is 4.90 Å². The van der Waals surface area contributed by atoms with Crippen LogP contribution in [0.5, 0.6) is 0 Å². The molecule has 30 heavy (non-hydrogen) atoms. The molecule has 2 aromatic rings. The summed E-state index contributed by atoms with van der Waals surface area (Å²) in [5, 5.41) is 2.77. The Labute approximate surface area is 178 Å². The first-order chi connectivity index (χ1) is 14.5. The molecule has 3 rings (SSSR count). The van der Waals surface area contributed by atoms with Crippen LogP contribution in [0.2, 0.25) is 0 Å². The van der Waals surface area contributed by atoms with Crippen molar-refractivity contribution >= 4 is 29.1 Å². The first-order valence-electron chi connectivity index (χ1n) is 10.6. The molecule has 0 spiro atoms. The van der Waals surface area contributed by atoms with E-state index < -0.39 is 6.09 Å². The number of aryl methyl sites for hydroxylation is 2. The van der Waals surface area contributed by atoms with Crippen molar-refractivity contribution in [3.8, 4) is 0 Å². The molecule has 1 aliphatic heterocycles. The van der Waals surface area contributed by atoms with E-state index in [1.165, 1.54) is 0 Å². The quantitative estimate of drug-likeness (QED) is 0.635. The number of hydrogen-bond donors (Lipinski definition) is 1. The minimum atomic E-state index is -0.488. The number of unbranched alkanes of at least 4 members (excludes halogenated alkanes) is 1. The van der Waals surface area contributed by atoms with Gasteiger partial charge in [0.15, 0.2) is 0 Å². The topological polar surface area (TPSA) is 67.9 Å². The maximum absolute atomic E-state index is 13.2. The number of carbonyl (C=O) groups is 2. The molecule has 0 atom stereocenters. The van der Waals surface area contributed by atoms with Gasteiger partial charge in [-0.2, -0.15) is 0 Å². The molecule has 1 heterocycles. The van der Waals surface area contributed by atoms with E-state index in [2.05, 4.69) is 11.4 Å². The lowest BCUT2D eigenvalue weighted by Crippen LogP contribution is -2.31. The molecule has 0 fully saturated rings. The van der Waals surface area contributed by atoms with Gasteiger partial charge < -0.3 is 9.47 Å². The molecule has 0 aliphatic carbocycles. The Morgan fingerprint density at radius 2 is 1.80 bits per heavy atom. The summed E-state index contributed by atoms with van der Waals surface area (Å²) in [4.78, 5) is 27.0. The molecular weight excluding hydrogens is 380 g/mol. The summed E-state index contributed by atoms with van der Waals surface area (Å²) in [6.07, 6.45) is 2.90. The van der Waals surface area contributed by atoms with Crippen molar-refractivity contribution in [1.29, 1.82) is 0 Å². The number of amides is 2. The molecule has 0 unspecified atom stereocenters. The van der Waals surface area contributed by atoms with Gasteiger partial charge in [-0.25, -0.2) is 4.79 Å². The Morgan fingerprint density at radius 1 is 1.07 bits per heavy atom. The van der Waals surface area contributed by atoms with Gasteiger partial charge in [0.2, 0.25) is 0 Å². The summed E-state index contributed by atoms with van der Waals surface area (Å²) in [5.41, 5.74) is 4.38. The van der Waals surface area contributed by atoms with Crippen LogP contribution in [0.25, 0.3) is 0 Å². The Bertz CT molecular complexity index is 895. The minimum absolute atomic E-state index is 0.0117. The Morgan fingerprint density at radius 3 is 2.53 bits per heavy atom. The SMILES string of the molecule is CCCCOC(=O)Nc1ccc2c(c1)N(C(=O)COC(C)C)c1ccccc1CC2. The lowest BCUT2D eigenvalue weighted by molar-refractivity contribution is -0.123. The monoisotopic (exact) mass is 410 g/mol. The van der Waals surface area contributed by atoms with Crippen molar-refractivity contribution < 1.29 is 19.1 Å². The molecule has 1 N–H and O–H groups in total. The Hall–Kier alpha value is -2.86. The van der Waals surface area contributed by atoms with Gasteiger partial charge in [-0.05, 0) is 62.4 Å². The number of nitrogens with zero attached hydrogens (tertiary/aromatic N) is 1. The predicted octanol–water partition coefficient (Wildman–Crippen LogP) is 5.22. The van der Waals surface area contributed by atoms with Crippen LogP contribution in [-0.4, -0.2) is 31.3 Å². The van der Waals surface area contributed by atoms with Gasteiger partial charge in [-0.3, -0.25) is 15.0 Å². The molecule has 1 aliphatic rings. The third kappa shape index (κ3) is 5.39. The number of benzene rings is 2. The summed E-state index contributed by atoms with van der Waals surface area (Å²) in [6, 6.07) is 13.6. The third-order valence-corrected chi connectivity index (χ3v) is 4.99. The van der Waals surface area contributed by atoms with Crippen LogP contribution < -0.4 is 10.2 Å². The van der Waals surface area contributed by atoms with Crippen LogP contribution in [0.1, 0.15) is 44.7 Å². The fourth-order valence-electron chi connectivity index (χ4n) is 3.43. The highest BCUT2D eigenvalue weighted by molar-refractivity contribution is 6.03. The first kappa shape index (κ1) is 21.8. The summed E-state index contributed by atoms with van der Waals surface area (Å²) in [7, 11) is 0. The summed E-state index contributed by atoms with van der Waals surface area (Å²) in [6.45, 7) is 6.23. The predicted molar refractivity (Wildman–Crippen MR) is 118 cm³/mol. The number of anilines is 3. The zero-order valence-electron chi connectivity index (χ0n) is 17.9. The van der Waals surface area contributed by atoms with Crippen LogP contribution in [0.15, 0.2) is 42.5 Å². The maximum atomic E-state index is 13.2. The molecule has 0 bridgehead atoms. The van der Waals surface area contributed by atoms with Crippen molar-refractivity contribution in [2.75, 3.05) is 23.4 Å². The van der Waals surface area contributed by atoms with E-state index in [0.29, 0.717) is 12.3 Å². The van der Waals surface area contributed by atoms with Gasteiger partial charge in [-0.15, -0.1) is 0 Å². The molecule has 0 radical (unpaired) electrons. The number of carbonyl (C=O) groups excluding carboxylic acids is 2. The van der Waals surface area contributed by atoms with Crippen LogP contribution in [0.4, 0.5) is 21.9 Å². The Kier molecular flexibility index (Phi) is 7.46. The third-order valence-electron chi connectivity index (χ3n) is 4.99. The minimum Gasteiger partial charge on any atom is -0.449 e. The molecule has 0 saturated heterocycles. The Balaban J connectivity index is 1.91. The largest absolute Gasteiger partial charge is 0.449 e.